The van der Waals surface area contributed by atoms with Gasteiger partial charge in [0.2, 0.25) is 0 Å². The summed E-state index contributed by atoms with van der Waals surface area (Å²) in [7, 11) is 0. The number of rotatable bonds is 12. The van der Waals surface area contributed by atoms with Crippen molar-refractivity contribution in [3.05, 3.63) is 24.3 Å². The van der Waals surface area contributed by atoms with Crippen molar-refractivity contribution >= 4 is 11.9 Å². The van der Waals surface area contributed by atoms with Gasteiger partial charge in [0, 0.05) is 12.8 Å². The molecule has 0 unspecified atom stereocenters. The Labute approximate surface area is 183 Å². The smallest absolute Gasteiger partial charge is 0.311 e. The number of para-hydroxylation sites is 2. The molecule has 4 heteroatoms. The van der Waals surface area contributed by atoms with Gasteiger partial charge in [-0.15, -0.1) is 0 Å². The Morgan fingerprint density at radius 2 is 1.00 bits per heavy atom. The molecule has 30 heavy (non-hydrogen) atoms. The van der Waals surface area contributed by atoms with Crippen LogP contribution in [-0.2, 0) is 9.59 Å². The summed E-state index contributed by atoms with van der Waals surface area (Å²) < 4.78 is 10.9. The molecule has 1 aromatic rings. The molecule has 0 aliphatic heterocycles. The van der Waals surface area contributed by atoms with Crippen LogP contribution in [0, 0.1) is 10.8 Å². The zero-order chi connectivity index (χ0) is 22.6. The number of hydrogen-bond acceptors (Lipinski definition) is 4. The van der Waals surface area contributed by atoms with Crippen LogP contribution in [0.25, 0.3) is 0 Å². The van der Waals surface area contributed by atoms with E-state index in [9.17, 15) is 9.59 Å². The van der Waals surface area contributed by atoms with E-state index in [1.807, 2.05) is 0 Å². The number of unbranched alkanes of at least 4 members (excludes halogenated alkanes) is 4. The summed E-state index contributed by atoms with van der Waals surface area (Å²) >= 11 is 0. The van der Waals surface area contributed by atoms with E-state index >= 15 is 0 Å². The van der Waals surface area contributed by atoms with Gasteiger partial charge in [0.1, 0.15) is 0 Å². The van der Waals surface area contributed by atoms with Crippen LogP contribution < -0.4 is 9.47 Å². The molecule has 0 atom stereocenters. The minimum atomic E-state index is -0.281. The average Bonchev–Trinajstić information content (AvgIpc) is 2.61. The molecule has 1 rings (SSSR count). The van der Waals surface area contributed by atoms with Gasteiger partial charge in [-0.1, -0.05) is 79.4 Å². The molecule has 0 saturated carbocycles. The van der Waals surface area contributed by atoms with E-state index in [2.05, 4.69) is 41.5 Å². The lowest BCUT2D eigenvalue weighted by molar-refractivity contribution is -0.137. The molecule has 0 fully saturated rings. The number of carbonyl (C=O) groups is 2. The predicted molar refractivity (Wildman–Crippen MR) is 123 cm³/mol. The second-order valence-electron chi connectivity index (χ2n) is 10.6. The van der Waals surface area contributed by atoms with E-state index in [0.717, 1.165) is 51.4 Å². The van der Waals surface area contributed by atoms with Gasteiger partial charge in [-0.25, -0.2) is 0 Å². The van der Waals surface area contributed by atoms with Crippen LogP contribution in [0.4, 0.5) is 0 Å². The Bertz CT molecular complexity index is 593. The highest BCUT2D eigenvalue weighted by Gasteiger charge is 2.14. The molecular formula is C26H42O4. The van der Waals surface area contributed by atoms with Crippen molar-refractivity contribution in [3.8, 4) is 11.5 Å². The van der Waals surface area contributed by atoms with E-state index in [1.165, 1.54) is 0 Å². The quantitative estimate of drug-likeness (QED) is 0.200. The molecule has 0 aromatic heterocycles. The Hall–Kier alpha value is -1.84. The van der Waals surface area contributed by atoms with E-state index in [1.54, 1.807) is 24.3 Å². The molecule has 0 saturated heterocycles. The summed E-state index contributed by atoms with van der Waals surface area (Å²) in [4.78, 5) is 24.3. The standard InChI is InChI=1S/C26H42O4/c1-25(2,3)19-13-7-9-17-23(27)29-21-15-11-12-16-22(21)30-24(28)18-10-8-14-20-26(4,5)6/h11-12,15-16H,7-10,13-14,17-20H2,1-6H3. The van der Waals surface area contributed by atoms with Crippen LogP contribution >= 0.6 is 0 Å². The van der Waals surface area contributed by atoms with Crippen molar-refractivity contribution in [2.45, 2.75) is 106 Å². The van der Waals surface area contributed by atoms with E-state index in [0.29, 0.717) is 35.2 Å². The van der Waals surface area contributed by atoms with Crippen molar-refractivity contribution in [1.82, 2.24) is 0 Å². The Morgan fingerprint density at radius 1 is 0.633 bits per heavy atom. The highest BCUT2D eigenvalue weighted by atomic mass is 16.6. The topological polar surface area (TPSA) is 52.6 Å². The Kier molecular flexibility index (Phi) is 11.1. The van der Waals surface area contributed by atoms with E-state index < -0.39 is 0 Å². The van der Waals surface area contributed by atoms with E-state index in [-0.39, 0.29) is 11.9 Å². The molecule has 170 valence electrons. The minimum absolute atomic E-state index is 0.281. The lowest BCUT2D eigenvalue weighted by Gasteiger charge is -2.17. The minimum Gasteiger partial charge on any atom is -0.423 e. The van der Waals surface area contributed by atoms with Gasteiger partial charge in [0.15, 0.2) is 11.5 Å². The molecular weight excluding hydrogens is 376 g/mol. The molecule has 1 aromatic carbocycles. The Balaban J connectivity index is 2.37. The summed E-state index contributed by atoms with van der Waals surface area (Å²) in [6, 6.07) is 6.89. The SMILES string of the molecule is CC(C)(C)CCCCCC(=O)Oc1ccccc1OC(=O)CCCCCC(C)(C)C. The maximum absolute atomic E-state index is 12.2. The fourth-order valence-electron chi connectivity index (χ4n) is 3.17. The zero-order valence-electron chi connectivity index (χ0n) is 20.0. The maximum Gasteiger partial charge on any atom is 0.311 e. The van der Waals surface area contributed by atoms with Crippen LogP contribution in [0.2, 0.25) is 0 Å². The van der Waals surface area contributed by atoms with E-state index in [4.69, 9.17) is 9.47 Å². The van der Waals surface area contributed by atoms with Crippen LogP contribution in [0.5, 0.6) is 11.5 Å². The predicted octanol–water partition coefficient (Wildman–Crippen LogP) is 7.49. The van der Waals surface area contributed by atoms with Crippen molar-refractivity contribution in [3.63, 3.8) is 0 Å². The highest BCUT2D eigenvalue weighted by Crippen LogP contribution is 2.28. The number of carbonyl (C=O) groups excluding carboxylic acids is 2. The third kappa shape index (κ3) is 13.4. The fourth-order valence-corrected chi connectivity index (χ4v) is 3.17. The normalized spacial score (nSPS) is 11.9. The van der Waals surface area contributed by atoms with Crippen molar-refractivity contribution in [2.24, 2.45) is 10.8 Å². The van der Waals surface area contributed by atoms with Gasteiger partial charge in [-0.2, -0.15) is 0 Å². The first-order valence-electron chi connectivity index (χ1n) is 11.5. The molecule has 0 spiro atoms. The molecule has 0 radical (unpaired) electrons. The summed E-state index contributed by atoms with van der Waals surface area (Å²) in [5, 5.41) is 0. The molecule has 4 nitrogen and oxygen atoms in total. The number of esters is 2. The lowest BCUT2D eigenvalue weighted by atomic mass is 9.89. The Morgan fingerprint density at radius 3 is 1.33 bits per heavy atom. The maximum atomic E-state index is 12.2. The van der Waals surface area contributed by atoms with Crippen LogP contribution in [0.15, 0.2) is 24.3 Å². The van der Waals surface area contributed by atoms with Crippen molar-refractivity contribution < 1.29 is 19.1 Å². The van der Waals surface area contributed by atoms with Gasteiger partial charge in [0.05, 0.1) is 0 Å². The van der Waals surface area contributed by atoms with Crippen LogP contribution in [0.1, 0.15) is 106 Å². The summed E-state index contributed by atoms with van der Waals surface area (Å²) in [6.07, 6.45) is 8.92. The second-order valence-corrected chi connectivity index (χ2v) is 10.6. The number of benzene rings is 1. The van der Waals surface area contributed by atoms with Gasteiger partial charge < -0.3 is 9.47 Å². The largest absolute Gasteiger partial charge is 0.423 e. The lowest BCUT2D eigenvalue weighted by Crippen LogP contribution is -2.12. The summed E-state index contributed by atoms with van der Waals surface area (Å²) in [5.41, 5.74) is 0.659. The van der Waals surface area contributed by atoms with Crippen molar-refractivity contribution in [1.29, 1.82) is 0 Å². The summed E-state index contributed by atoms with van der Waals surface area (Å²) in [6.45, 7) is 13.4. The summed E-state index contributed by atoms with van der Waals surface area (Å²) in [5.74, 6) is 0.0735. The van der Waals surface area contributed by atoms with Crippen LogP contribution in [-0.4, -0.2) is 11.9 Å². The highest BCUT2D eigenvalue weighted by molar-refractivity contribution is 5.76. The number of ether oxygens (including phenoxy) is 2. The average molecular weight is 419 g/mol. The van der Waals surface area contributed by atoms with Crippen LogP contribution in [0.3, 0.4) is 0 Å². The zero-order valence-corrected chi connectivity index (χ0v) is 20.0. The first-order chi connectivity index (χ1) is 14.0. The fraction of sp³-hybridized carbons (Fsp3) is 0.692. The van der Waals surface area contributed by atoms with Gasteiger partial charge in [-0.3, -0.25) is 9.59 Å². The molecule has 0 aliphatic carbocycles. The monoisotopic (exact) mass is 418 g/mol. The first kappa shape index (κ1) is 26.2. The third-order valence-corrected chi connectivity index (χ3v) is 4.91. The van der Waals surface area contributed by atoms with Crippen molar-refractivity contribution in [2.75, 3.05) is 0 Å². The molecule has 0 amide bonds. The molecule has 0 N–H and O–H groups in total. The van der Waals surface area contributed by atoms with Gasteiger partial charge in [-0.05, 0) is 48.6 Å². The molecule has 0 heterocycles. The molecule has 0 bridgehead atoms. The number of hydrogen-bond donors (Lipinski definition) is 0. The second kappa shape index (κ2) is 12.8. The van der Waals surface area contributed by atoms with Gasteiger partial charge >= 0.3 is 11.9 Å². The molecule has 0 aliphatic rings. The first-order valence-corrected chi connectivity index (χ1v) is 11.5. The third-order valence-electron chi connectivity index (χ3n) is 4.91. The van der Waals surface area contributed by atoms with Gasteiger partial charge in [0.25, 0.3) is 0 Å².